The number of nitrogens with one attached hydrogen (secondary N) is 1. The summed E-state index contributed by atoms with van der Waals surface area (Å²) in [6, 6.07) is 11.9. The van der Waals surface area contributed by atoms with Gasteiger partial charge in [0.05, 0.1) is 5.56 Å². The van der Waals surface area contributed by atoms with Crippen LogP contribution in [0.3, 0.4) is 0 Å². The van der Waals surface area contributed by atoms with E-state index in [2.05, 4.69) is 10.3 Å². The molecule has 22 heavy (non-hydrogen) atoms. The van der Waals surface area contributed by atoms with Crippen LogP contribution >= 0.6 is 11.3 Å². The molecule has 1 N–H and O–H groups in total. The minimum atomic E-state index is -0.312. The molecule has 0 aliphatic carbocycles. The van der Waals surface area contributed by atoms with Gasteiger partial charge in [-0.1, -0.05) is 18.2 Å². The van der Waals surface area contributed by atoms with Crippen LogP contribution in [0.25, 0.3) is 10.4 Å². The topological polar surface area (TPSA) is 42.0 Å². The van der Waals surface area contributed by atoms with Gasteiger partial charge >= 0.3 is 0 Å². The minimum Gasteiger partial charge on any atom is -0.348 e. The Labute approximate surface area is 131 Å². The maximum atomic E-state index is 13.1. The molecule has 0 bridgehead atoms. The second-order valence-electron chi connectivity index (χ2n) is 4.75. The third-order valence-electron chi connectivity index (χ3n) is 3.15. The van der Waals surface area contributed by atoms with Gasteiger partial charge in [0.15, 0.2) is 0 Å². The highest BCUT2D eigenvalue weighted by atomic mass is 32.1. The van der Waals surface area contributed by atoms with Gasteiger partial charge in [-0.25, -0.2) is 4.39 Å². The Kier molecular flexibility index (Phi) is 4.25. The molecule has 0 saturated carbocycles. The number of halogens is 1. The van der Waals surface area contributed by atoms with Crippen molar-refractivity contribution in [2.45, 2.75) is 6.54 Å². The maximum absolute atomic E-state index is 13.1. The molecule has 1 aromatic carbocycles. The lowest BCUT2D eigenvalue weighted by atomic mass is 10.1. The summed E-state index contributed by atoms with van der Waals surface area (Å²) in [5.41, 5.74) is 2.12. The van der Waals surface area contributed by atoms with Gasteiger partial charge in [-0.05, 0) is 35.2 Å². The number of carbonyl (C=O) groups excluding carboxylic acids is 1. The summed E-state index contributed by atoms with van der Waals surface area (Å²) in [5.74, 6) is -0.539. The van der Waals surface area contributed by atoms with Crippen LogP contribution in [0.15, 0.2) is 60.2 Å². The molecular weight excluding hydrogens is 299 g/mol. The zero-order chi connectivity index (χ0) is 15.4. The van der Waals surface area contributed by atoms with E-state index in [0.717, 1.165) is 16.0 Å². The Bertz CT molecular complexity index is 787. The van der Waals surface area contributed by atoms with Crippen LogP contribution in [0.2, 0.25) is 0 Å². The fraction of sp³-hybridized carbons (Fsp3) is 0.0588. The zero-order valence-electron chi connectivity index (χ0n) is 11.6. The maximum Gasteiger partial charge on any atom is 0.253 e. The van der Waals surface area contributed by atoms with Crippen LogP contribution in [-0.4, -0.2) is 10.9 Å². The molecule has 3 aromatic rings. The van der Waals surface area contributed by atoms with Crippen molar-refractivity contribution in [2.75, 3.05) is 0 Å². The van der Waals surface area contributed by atoms with Crippen molar-refractivity contribution in [3.63, 3.8) is 0 Å². The number of pyridine rings is 1. The molecule has 0 unspecified atom stereocenters. The summed E-state index contributed by atoms with van der Waals surface area (Å²) >= 11 is 1.59. The zero-order valence-corrected chi connectivity index (χ0v) is 12.4. The van der Waals surface area contributed by atoms with Gasteiger partial charge in [0.2, 0.25) is 0 Å². The summed E-state index contributed by atoms with van der Waals surface area (Å²) in [7, 11) is 0. The first-order valence-corrected chi connectivity index (χ1v) is 7.62. The summed E-state index contributed by atoms with van der Waals surface area (Å²) in [5, 5.41) is 4.75. The van der Waals surface area contributed by atoms with Crippen LogP contribution < -0.4 is 5.32 Å². The third-order valence-corrected chi connectivity index (χ3v) is 4.07. The van der Waals surface area contributed by atoms with E-state index in [-0.39, 0.29) is 18.3 Å². The van der Waals surface area contributed by atoms with E-state index in [1.165, 1.54) is 18.3 Å². The molecule has 0 saturated heterocycles. The molecule has 110 valence electrons. The van der Waals surface area contributed by atoms with Crippen LogP contribution in [0.4, 0.5) is 4.39 Å². The van der Waals surface area contributed by atoms with Gasteiger partial charge in [-0.2, -0.15) is 0 Å². The van der Waals surface area contributed by atoms with E-state index in [9.17, 15) is 9.18 Å². The first kappa shape index (κ1) is 14.4. The van der Waals surface area contributed by atoms with E-state index >= 15 is 0 Å². The number of aromatic nitrogens is 1. The van der Waals surface area contributed by atoms with E-state index in [1.807, 2.05) is 17.5 Å². The van der Waals surface area contributed by atoms with Gasteiger partial charge in [0.25, 0.3) is 5.91 Å². The normalized spacial score (nSPS) is 10.4. The second-order valence-corrected chi connectivity index (χ2v) is 5.70. The number of amides is 1. The van der Waals surface area contributed by atoms with Crippen LogP contribution in [0.5, 0.6) is 0 Å². The minimum absolute atomic E-state index is 0.227. The van der Waals surface area contributed by atoms with Gasteiger partial charge < -0.3 is 5.32 Å². The Morgan fingerprint density at radius 1 is 1.18 bits per heavy atom. The predicted octanol–water partition coefficient (Wildman–Crippen LogP) is 3.88. The molecule has 3 nitrogen and oxygen atoms in total. The van der Waals surface area contributed by atoms with E-state index < -0.39 is 0 Å². The fourth-order valence-electron chi connectivity index (χ4n) is 2.07. The lowest BCUT2D eigenvalue weighted by Crippen LogP contribution is -2.23. The molecule has 2 heterocycles. The summed E-state index contributed by atoms with van der Waals surface area (Å²) in [6.07, 6.45) is 3.26. The molecule has 0 fully saturated rings. The number of nitrogens with zero attached hydrogens (tertiary/aromatic N) is 1. The average Bonchev–Trinajstić information content (AvgIpc) is 3.07. The number of rotatable bonds is 4. The fourth-order valence-corrected chi connectivity index (χ4v) is 2.78. The molecule has 0 aliphatic heterocycles. The number of hydrogen-bond donors (Lipinski definition) is 1. The smallest absolute Gasteiger partial charge is 0.253 e. The van der Waals surface area contributed by atoms with Crippen molar-refractivity contribution < 1.29 is 9.18 Å². The predicted molar refractivity (Wildman–Crippen MR) is 85.1 cm³/mol. The quantitative estimate of drug-likeness (QED) is 0.794. The lowest BCUT2D eigenvalue weighted by molar-refractivity contribution is 0.0950. The largest absolute Gasteiger partial charge is 0.348 e. The first-order valence-electron chi connectivity index (χ1n) is 6.74. The van der Waals surface area contributed by atoms with Crippen LogP contribution in [-0.2, 0) is 6.54 Å². The Hall–Kier alpha value is -2.53. The van der Waals surface area contributed by atoms with E-state index in [1.54, 1.807) is 35.7 Å². The molecule has 0 atom stereocenters. The molecule has 0 spiro atoms. The summed E-state index contributed by atoms with van der Waals surface area (Å²) in [6.45, 7) is 0.278. The molecular formula is C17H13FN2OS. The summed E-state index contributed by atoms with van der Waals surface area (Å²) < 4.78 is 13.1. The Balaban J connectivity index is 1.71. The highest BCUT2D eigenvalue weighted by molar-refractivity contribution is 7.13. The van der Waals surface area contributed by atoms with Gasteiger partial charge in [0.1, 0.15) is 5.82 Å². The molecule has 2 aromatic heterocycles. The monoisotopic (exact) mass is 312 g/mol. The molecule has 3 rings (SSSR count). The highest BCUT2D eigenvalue weighted by Crippen LogP contribution is 2.24. The molecule has 1 amide bonds. The lowest BCUT2D eigenvalue weighted by Gasteiger charge is -2.06. The molecule has 5 heteroatoms. The van der Waals surface area contributed by atoms with Gasteiger partial charge in [0, 0.05) is 29.4 Å². The Morgan fingerprint density at radius 2 is 2.09 bits per heavy atom. The second kappa shape index (κ2) is 6.49. The number of carbonyl (C=O) groups is 1. The van der Waals surface area contributed by atoms with Crippen molar-refractivity contribution in [1.29, 1.82) is 0 Å². The third kappa shape index (κ3) is 3.38. The van der Waals surface area contributed by atoms with Crippen molar-refractivity contribution >= 4 is 17.2 Å². The van der Waals surface area contributed by atoms with Crippen molar-refractivity contribution in [1.82, 2.24) is 10.3 Å². The number of benzene rings is 1. The number of hydrogen-bond acceptors (Lipinski definition) is 3. The van der Waals surface area contributed by atoms with Gasteiger partial charge in [-0.3, -0.25) is 9.78 Å². The van der Waals surface area contributed by atoms with Crippen LogP contribution in [0.1, 0.15) is 15.9 Å². The summed E-state index contributed by atoms with van der Waals surface area (Å²) in [4.78, 5) is 17.4. The van der Waals surface area contributed by atoms with Crippen molar-refractivity contribution in [2.24, 2.45) is 0 Å². The molecule has 0 radical (unpaired) electrons. The SMILES string of the molecule is O=C(NCc1cccc(F)c1)c1cncc(-c2cccs2)c1. The highest BCUT2D eigenvalue weighted by Gasteiger charge is 2.08. The standard InChI is InChI=1S/C17H13FN2OS/c18-15-4-1-3-12(7-15)9-20-17(21)14-8-13(10-19-11-14)16-5-2-6-22-16/h1-8,10-11H,9H2,(H,20,21). The van der Waals surface area contributed by atoms with E-state index in [0.29, 0.717) is 5.56 Å². The molecule has 0 aliphatic rings. The van der Waals surface area contributed by atoms with Crippen molar-refractivity contribution in [3.05, 3.63) is 77.2 Å². The van der Waals surface area contributed by atoms with E-state index in [4.69, 9.17) is 0 Å². The van der Waals surface area contributed by atoms with Crippen molar-refractivity contribution in [3.8, 4) is 10.4 Å². The van der Waals surface area contributed by atoms with Crippen LogP contribution in [0, 0.1) is 5.82 Å². The average molecular weight is 312 g/mol. The Morgan fingerprint density at radius 3 is 2.86 bits per heavy atom. The number of thiophene rings is 1. The van der Waals surface area contributed by atoms with Gasteiger partial charge in [-0.15, -0.1) is 11.3 Å². The first-order chi connectivity index (χ1) is 10.7.